The Morgan fingerprint density at radius 1 is 0.920 bits per heavy atom. The standard InChI is InChI=1S/C19H19N3O3/c1-12-8-16(21(2)10-12)18(23)20-15-6-4-13(5-7-15)14-9-17(19(24)25)22(3)11-14/h4-11H,1-3H3,(H,20,23)(H,24,25). The van der Waals surface area contributed by atoms with Gasteiger partial charge in [-0.25, -0.2) is 4.79 Å². The first-order valence-corrected chi connectivity index (χ1v) is 7.79. The molecule has 0 unspecified atom stereocenters. The van der Waals surface area contributed by atoms with Crippen LogP contribution in [-0.4, -0.2) is 26.1 Å². The van der Waals surface area contributed by atoms with E-state index in [1.165, 1.54) is 0 Å². The number of hydrogen-bond acceptors (Lipinski definition) is 2. The van der Waals surface area contributed by atoms with Gasteiger partial charge in [0.15, 0.2) is 0 Å². The number of rotatable bonds is 4. The quantitative estimate of drug-likeness (QED) is 0.767. The Labute approximate surface area is 145 Å². The monoisotopic (exact) mass is 337 g/mol. The van der Waals surface area contributed by atoms with E-state index >= 15 is 0 Å². The Kier molecular flexibility index (Phi) is 4.19. The summed E-state index contributed by atoms with van der Waals surface area (Å²) in [6, 6.07) is 10.8. The summed E-state index contributed by atoms with van der Waals surface area (Å²) in [6.07, 6.45) is 3.66. The minimum Gasteiger partial charge on any atom is -0.477 e. The Bertz CT molecular complexity index is 949. The second-order valence-corrected chi connectivity index (χ2v) is 6.08. The van der Waals surface area contributed by atoms with Crippen LogP contribution in [0.5, 0.6) is 0 Å². The molecule has 6 nitrogen and oxygen atoms in total. The number of aromatic nitrogens is 2. The van der Waals surface area contributed by atoms with E-state index in [0.29, 0.717) is 11.4 Å². The van der Waals surface area contributed by atoms with Crippen LogP contribution in [-0.2, 0) is 14.1 Å². The molecule has 0 aliphatic carbocycles. The van der Waals surface area contributed by atoms with Gasteiger partial charge in [-0.05, 0) is 42.3 Å². The van der Waals surface area contributed by atoms with E-state index in [4.69, 9.17) is 5.11 Å². The van der Waals surface area contributed by atoms with Crippen molar-refractivity contribution < 1.29 is 14.7 Å². The van der Waals surface area contributed by atoms with Crippen molar-refractivity contribution >= 4 is 17.6 Å². The van der Waals surface area contributed by atoms with Crippen LogP contribution in [0.3, 0.4) is 0 Å². The fourth-order valence-corrected chi connectivity index (χ4v) is 2.83. The van der Waals surface area contributed by atoms with Gasteiger partial charge >= 0.3 is 5.97 Å². The minimum atomic E-state index is -0.963. The zero-order valence-corrected chi connectivity index (χ0v) is 14.3. The van der Waals surface area contributed by atoms with E-state index in [-0.39, 0.29) is 11.6 Å². The fraction of sp³-hybridized carbons (Fsp3) is 0.158. The van der Waals surface area contributed by atoms with Crippen LogP contribution in [0, 0.1) is 6.92 Å². The number of aryl methyl sites for hydroxylation is 3. The average molecular weight is 337 g/mol. The molecule has 0 radical (unpaired) electrons. The highest BCUT2D eigenvalue weighted by atomic mass is 16.4. The van der Waals surface area contributed by atoms with E-state index in [1.54, 1.807) is 40.6 Å². The number of carbonyl (C=O) groups excluding carboxylic acids is 1. The predicted molar refractivity (Wildman–Crippen MR) is 95.9 cm³/mol. The predicted octanol–water partition coefficient (Wildman–Crippen LogP) is 3.29. The second kappa shape index (κ2) is 6.32. The zero-order valence-electron chi connectivity index (χ0n) is 14.3. The highest BCUT2D eigenvalue weighted by Gasteiger charge is 2.13. The Morgan fingerprint density at radius 3 is 2.08 bits per heavy atom. The topological polar surface area (TPSA) is 76.3 Å². The summed E-state index contributed by atoms with van der Waals surface area (Å²) in [5.74, 6) is -1.13. The lowest BCUT2D eigenvalue weighted by atomic mass is 10.1. The third kappa shape index (κ3) is 3.33. The number of anilines is 1. The van der Waals surface area contributed by atoms with Crippen molar-refractivity contribution in [3.63, 3.8) is 0 Å². The summed E-state index contributed by atoms with van der Waals surface area (Å²) in [5.41, 5.74) is 4.23. The van der Waals surface area contributed by atoms with Crippen LogP contribution in [0.1, 0.15) is 26.5 Å². The van der Waals surface area contributed by atoms with Crippen molar-refractivity contribution in [2.24, 2.45) is 14.1 Å². The van der Waals surface area contributed by atoms with E-state index in [1.807, 2.05) is 38.4 Å². The molecule has 6 heteroatoms. The molecule has 1 amide bonds. The number of nitrogens with one attached hydrogen (secondary N) is 1. The van der Waals surface area contributed by atoms with Gasteiger partial charge in [0.1, 0.15) is 11.4 Å². The largest absolute Gasteiger partial charge is 0.477 e. The summed E-state index contributed by atoms with van der Waals surface area (Å²) < 4.78 is 3.36. The van der Waals surface area contributed by atoms with Crippen molar-refractivity contribution in [3.05, 3.63) is 65.7 Å². The number of amides is 1. The summed E-state index contributed by atoms with van der Waals surface area (Å²) in [7, 11) is 3.53. The van der Waals surface area contributed by atoms with Crippen LogP contribution >= 0.6 is 0 Å². The number of nitrogens with zero attached hydrogens (tertiary/aromatic N) is 2. The van der Waals surface area contributed by atoms with E-state index in [2.05, 4.69) is 5.32 Å². The van der Waals surface area contributed by atoms with Crippen LogP contribution in [0.2, 0.25) is 0 Å². The van der Waals surface area contributed by atoms with Crippen molar-refractivity contribution in [3.8, 4) is 11.1 Å². The van der Waals surface area contributed by atoms with Crippen molar-refractivity contribution in [1.82, 2.24) is 9.13 Å². The van der Waals surface area contributed by atoms with Gasteiger partial charge in [0.25, 0.3) is 5.91 Å². The Balaban J connectivity index is 1.78. The second-order valence-electron chi connectivity index (χ2n) is 6.08. The first-order valence-electron chi connectivity index (χ1n) is 7.79. The minimum absolute atomic E-state index is 0.170. The molecular formula is C19H19N3O3. The van der Waals surface area contributed by atoms with Gasteiger partial charge in [0.2, 0.25) is 0 Å². The molecule has 2 N–H and O–H groups in total. The normalized spacial score (nSPS) is 10.7. The number of benzene rings is 1. The lowest BCUT2D eigenvalue weighted by Crippen LogP contribution is -2.15. The molecular weight excluding hydrogens is 318 g/mol. The summed E-state index contributed by atoms with van der Waals surface area (Å²) in [6.45, 7) is 1.94. The summed E-state index contributed by atoms with van der Waals surface area (Å²) >= 11 is 0. The van der Waals surface area contributed by atoms with Gasteiger partial charge in [-0.1, -0.05) is 12.1 Å². The number of carboxylic acids is 1. The van der Waals surface area contributed by atoms with E-state index in [0.717, 1.165) is 16.7 Å². The summed E-state index contributed by atoms with van der Waals surface area (Å²) in [5, 5.41) is 12.0. The molecule has 2 aromatic heterocycles. The number of carbonyl (C=O) groups is 2. The van der Waals surface area contributed by atoms with Gasteiger partial charge in [0.05, 0.1) is 0 Å². The van der Waals surface area contributed by atoms with Gasteiger partial charge in [-0.3, -0.25) is 4.79 Å². The molecule has 3 aromatic rings. The first-order chi connectivity index (χ1) is 11.8. The van der Waals surface area contributed by atoms with Crippen LogP contribution < -0.4 is 5.32 Å². The fourth-order valence-electron chi connectivity index (χ4n) is 2.83. The van der Waals surface area contributed by atoms with Crippen molar-refractivity contribution in [2.75, 3.05) is 5.32 Å². The molecule has 0 fully saturated rings. The summed E-state index contributed by atoms with van der Waals surface area (Å²) in [4.78, 5) is 23.5. The zero-order chi connectivity index (χ0) is 18.1. The Morgan fingerprint density at radius 2 is 1.56 bits per heavy atom. The molecule has 0 bridgehead atoms. The smallest absolute Gasteiger partial charge is 0.352 e. The Hall–Kier alpha value is -3.28. The third-order valence-corrected chi connectivity index (χ3v) is 4.07. The molecule has 0 aliphatic heterocycles. The maximum absolute atomic E-state index is 12.3. The highest BCUT2D eigenvalue weighted by molar-refractivity contribution is 6.03. The number of aromatic carboxylic acids is 1. The maximum Gasteiger partial charge on any atom is 0.352 e. The molecule has 3 rings (SSSR count). The van der Waals surface area contributed by atoms with Crippen LogP contribution in [0.15, 0.2) is 48.8 Å². The van der Waals surface area contributed by atoms with Crippen molar-refractivity contribution in [1.29, 1.82) is 0 Å². The third-order valence-electron chi connectivity index (χ3n) is 4.07. The number of carboxylic acid groups (broad SMARTS) is 1. The highest BCUT2D eigenvalue weighted by Crippen LogP contribution is 2.24. The lowest BCUT2D eigenvalue weighted by molar-refractivity contribution is 0.0686. The van der Waals surface area contributed by atoms with E-state index in [9.17, 15) is 9.59 Å². The van der Waals surface area contributed by atoms with Gasteiger partial charge in [-0.2, -0.15) is 0 Å². The molecule has 2 heterocycles. The molecule has 0 atom stereocenters. The molecule has 0 aliphatic rings. The average Bonchev–Trinajstić information content (AvgIpc) is 3.10. The molecule has 0 saturated carbocycles. The van der Waals surface area contributed by atoms with Crippen LogP contribution in [0.25, 0.3) is 11.1 Å². The first kappa shape index (κ1) is 16.6. The SMILES string of the molecule is Cc1cc(C(=O)Nc2ccc(-c3cc(C(=O)O)n(C)c3)cc2)n(C)c1. The molecule has 0 saturated heterocycles. The van der Waals surface area contributed by atoms with Gasteiger partial charge in [-0.15, -0.1) is 0 Å². The lowest BCUT2D eigenvalue weighted by Gasteiger charge is -2.07. The van der Waals surface area contributed by atoms with E-state index < -0.39 is 5.97 Å². The van der Waals surface area contributed by atoms with Gasteiger partial charge < -0.3 is 19.6 Å². The maximum atomic E-state index is 12.3. The molecule has 0 spiro atoms. The van der Waals surface area contributed by atoms with Gasteiger partial charge in [0, 0.05) is 37.7 Å². The molecule has 1 aromatic carbocycles. The van der Waals surface area contributed by atoms with Crippen molar-refractivity contribution in [2.45, 2.75) is 6.92 Å². The van der Waals surface area contributed by atoms with Crippen LogP contribution in [0.4, 0.5) is 5.69 Å². The molecule has 128 valence electrons. The molecule has 25 heavy (non-hydrogen) atoms. The number of hydrogen-bond donors (Lipinski definition) is 2.